The molecule has 1 saturated heterocycles. The number of H-pyrrole nitrogens is 1. The van der Waals surface area contributed by atoms with E-state index in [1.807, 2.05) is 29.3 Å². The van der Waals surface area contributed by atoms with Gasteiger partial charge in [-0.05, 0) is 62.8 Å². The van der Waals surface area contributed by atoms with Gasteiger partial charge in [0.15, 0.2) is 5.60 Å². The lowest BCUT2D eigenvalue weighted by atomic mass is 10.0. The van der Waals surface area contributed by atoms with Crippen molar-refractivity contribution in [1.29, 1.82) is 0 Å². The van der Waals surface area contributed by atoms with E-state index < -0.39 is 11.6 Å². The molecule has 2 fully saturated rings. The normalized spacial score (nSPS) is 17.6. The molecular weight excluding hydrogens is 482 g/mol. The minimum atomic E-state index is -1.32. The molecule has 1 atom stereocenters. The minimum Gasteiger partial charge on any atom is -0.478 e. The Hall–Kier alpha value is -4.01. The number of aliphatic carboxylic acids is 1. The van der Waals surface area contributed by atoms with Crippen LogP contribution in [0.4, 0.5) is 10.5 Å². The van der Waals surface area contributed by atoms with Crippen molar-refractivity contribution >= 4 is 17.7 Å². The van der Waals surface area contributed by atoms with E-state index in [2.05, 4.69) is 44.7 Å². The number of ether oxygens (including phenoxy) is 1. The van der Waals surface area contributed by atoms with Gasteiger partial charge in [0.2, 0.25) is 0 Å². The van der Waals surface area contributed by atoms with Gasteiger partial charge in [0.05, 0.1) is 6.20 Å². The summed E-state index contributed by atoms with van der Waals surface area (Å²) >= 11 is 0. The van der Waals surface area contributed by atoms with Crippen LogP contribution in [0.2, 0.25) is 0 Å². The third kappa shape index (κ3) is 6.10. The summed E-state index contributed by atoms with van der Waals surface area (Å²) in [6.45, 7) is 5.21. The van der Waals surface area contributed by atoms with Crippen molar-refractivity contribution in [2.24, 2.45) is 0 Å². The van der Waals surface area contributed by atoms with Crippen LogP contribution >= 0.6 is 0 Å². The third-order valence-electron chi connectivity index (χ3n) is 7.21. The average molecular weight is 518 g/mol. The lowest BCUT2D eigenvalue weighted by Gasteiger charge is -2.36. The summed E-state index contributed by atoms with van der Waals surface area (Å²) in [5.74, 6) is -0.502. The van der Waals surface area contributed by atoms with Gasteiger partial charge >= 0.3 is 12.0 Å². The molecule has 2 aliphatic rings. The molecule has 38 heavy (non-hydrogen) atoms. The summed E-state index contributed by atoms with van der Waals surface area (Å²) in [7, 11) is 0. The van der Waals surface area contributed by atoms with Crippen molar-refractivity contribution in [3.05, 3.63) is 66.5 Å². The Labute approximate surface area is 222 Å². The molecular formula is C29H35N5O4. The van der Waals surface area contributed by atoms with Crippen molar-refractivity contribution in [3.63, 3.8) is 0 Å². The number of nitrogens with one attached hydrogen (secondary N) is 2. The van der Waals surface area contributed by atoms with E-state index in [0.717, 1.165) is 54.6 Å². The zero-order valence-corrected chi connectivity index (χ0v) is 21.9. The Bertz CT molecular complexity index is 1250. The molecule has 5 rings (SSSR count). The van der Waals surface area contributed by atoms with Gasteiger partial charge < -0.3 is 25.0 Å². The van der Waals surface area contributed by atoms with Gasteiger partial charge in [-0.3, -0.25) is 5.10 Å². The number of benzene rings is 2. The second-order valence-electron chi connectivity index (χ2n) is 10.7. The van der Waals surface area contributed by atoms with Crippen molar-refractivity contribution in [2.45, 2.75) is 63.8 Å². The Morgan fingerprint density at radius 2 is 1.95 bits per heavy atom. The highest BCUT2D eigenvalue weighted by atomic mass is 16.5. The van der Waals surface area contributed by atoms with E-state index in [4.69, 9.17) is 4.74 Å². The molecule has 9 nitrogen and oxygen atoms in total. The quantitative estimate of drug-likeness (QED) is 0.381. The fourth-order valence-corrected chi connectivity index (χ4v) is 4.83. The number of carbonyl (C=O) groups is 2. The topological polar surface area (TPSA) is 111 Å². The largest absolute Gasteiger partial charge is 0.478 e. The standard InChI is InChI=1S/C29H35N5O4/c1-29(2,27(35)36)38-26-7-3-6-25(15-26)33-14-4-5-23(19-33)32-28(37)34(24-12-13-24)18-20-8-10-21(11-9-20)22-16-30-31-17-22/h3,6-11,15-17,23-24H,4-5,12-14,18-19H2,1-2H3,(H,30,31)(H,32,37)(H,35,36). The van der Waals surface area contributed by atoms with Crippen LogP contribution in [-0.4, -0.2) is 63.0 Å². The van der Waals surface area contributed by atoms with E-state index in [1.54, 1.807) is 12.3 Å². The van der Waals surface area contributed by atoms with Crippen molar-refractivity contribution in [2.75, 3.05) is 18.0 Å². The predicted molar refractivity (Wildman–Crippen MR) is 145 cm³/mol. The number of amides is 2. The lowest BCUT2D eigenvalue weighted by molar-refractivity contribution is -0.152. The number of carboxylic acid groups (broad SMARTS) is 1. The Kier molecular flexibility index (Phi) is 7.26. The molecule has 0 bridgehead atoms. The van der Waals surface area contributed by atoms with E-state index >= 15 is 0 Å². The van der Waals surface area contributed by atoms with E-state index in [1.165, 1.54) is 13.8 Å². The first kappa shape index (κ1) is 25.6. The zero-order chi connectivity index (χ0) is 26.7. The molecule has 2 amide bonds. The number of hydrogen-bond acceptors (Lipinski definition) is 5. The van der Waals surface area contributed by atoms with Gasteiger partial charge in [0, 0.05) is 55.2 Å². The molecule has 1 aliphatic carbocycles. The predicted octanol–water partition coefficient (Wildman–Crippen LogP) is 4.66. The molecule has 1 aliphatic heterocycles. The van der Waals surface area contributed by atoms with Crippen LogP contribution in [0.15, 0.2) is 60.9 Å². The monoisotopic (exact) mass is 517 g/mol. The minimum absolute atomic E-state index is 0.0152. The molecule has 200 valence electrons. The number of carboxylic acids is 1. The molecule has 1 saturated carbocycles. The number of rotatable bonds is 9. The average Bonchev–Trinajstić information content (AvgIpc) is 3.59. The van der Waals surface area contributed by atoms with Gasteiger partial charge in [0.1, 0.15) is 5.75 Å². The van der Waals surface area contributed by atoms with Crippen molar-refractivity contribution in [1.82, 2.24) is 20.4 Å². The summed E-state index contributed by atoms with van der Waals surface area (Å²) in [5, 5.41) is 19.5. The number of piperidine rings is 1. The fourth-order valence-electron chi connectivity index (χ4n) is 4.83. The van der Waals surface area contributed by atoms with Gasteiger partial charge in [0.25, 0.3) is 0 Å². The maximum atomic E-state index is 13.4. The molecule has 3 N–H and O–H groups in total. The Morgan fingerprint density at radius 3 is 2.63 bits per heavy atom. The highest BCUT2D eigenvalue weighted by Gasteiger charge is 2.34. The van der Waals surface area contributed by atoms with Crippen molar-refractivity contribution < 1.29 is 19.4 Å². The van der Waals surface area contributed by atoms with Crippen LogP contribution in [0.1, 0.15) is 45.1 Å². The number of carbonyl (C=O) groups excluding carboxylic acids is 1. The van der Waals surface area contributed by atoms with Crippen LogP contribution in [-0.2, 0) is 11.3 Å². The number of aromatic amines is 1. The maximum Gasteiger partial charge on any atom is 0.347 e. The van der Waals surface area contributed by atoms with Gasteiger partial charge in [-0.2, -0.15) is 5.10 Å². The molecule has 2 aromatic carbocycles. The Balaban J connectivity index is 1.21. The van der Waals surface area contributed by atoms with Crippen LogP contribution < -0.4 is 15.0 Å². The number of aromatic nitrogens is 2. The van der Waals surface area contributed by atoms with Crippen LogP contribution in [0.25, 0.3) is 11.1 Å². The van der Waals surface area contributed by atoms with Crippen LogP contribution in [0.5, 0.6) is 5.75 Å². The van der Waals surface area contributed by atoms with Crippen LogP contribution in [0.3, 0.4) is 0 Å². The molecule has 1 unspecified atom stereocenters. The summed E-state index contributed by atoms with van der Waals surface area (Å²) in [6.07, 6.45) is 7.62. The molecule has 0 spiro atoms. The lowest BCUT2D eigenvalue weighted by Crippen LogP contribution is -2.52. The first-order valence-corrected chi connectivity index (χ1v) is 13.2. The second kappa shape index (κ2) is 10.8. The number of nitrogens with zero attached hydrogens (tertiary/aromatic N) is 3. The van der Waals surface area contributed by atoms with Gasteiger partial charge in [-0.1, -0.05) is 30.3 Å². The molecule has 2 heterocycles. The summed E-state index contributed by atoms with van der Waals surface area (Å²) in [5.41, 5.74) is 2.87. The summed E-state index contributed by atoms with van der Waals surface area (Å²) < 4.78 is 5.73. The molecule has 3 aromatic rings. The van der Waals surface area contributed by atoms with Gasteiger partial charge in [-0.15, -0.1) is 0 Å². The van der Waals surface area contributed by atoms with E-state index in [0.29, 0.717) is 18.8 Å². The zero-order valence-electron chi connectivity index (χ0n) is 21.9. The van der Waals surface area contributed by atoms with E-state index in [9.17, 15) is 14.7 Å². The highest BCUT2D eigenvalue weighted by molar-refractivity contribution is 5.77. The third-order valence-corrected chi connectivity index (χ3v) is 7.21. The van der Waals surface area contributed by atoms with E-state index in [-0.39, 0.29) is 18.1 Å². The first-order chi connectivity index (χ1) is 18.3. The smallest absolute Gasteiger partial charge is 0.347 e. The number of hydrogen-bond donors (Lipinski definition) is 3. The Morgan fingerprint density at radius 1 is 1.16 bits per heavy atom. The van der Waals surface area contributed by atoms with Crippen LogP contribution in [0, 0.1) is 0 Å². The summed E-state index contributed by atoms with van der Waals surface area (Å²) in [4.78, 5) is 29.0. The fraction of sp³-hybridized carbons (Fsp3) is 0.414. The maximum absolute atomic E-state index is 13.4. The molecule has 1 aromatic heterocycles. The van der Waals surface area contributed by atoms with Crippen molar-refractivity contribution in [3.8, 4) is 16.9 Å². The number of anilines is 1. The number of urea groups is 1. The van der Waals surface area contributed by atoms with Gasteiger partial charge in [-0.25, -0.2) is 9.59 Å². The molecule has 9 heteroatoms. The second-order valence-corrected chi connectivity index (χ2v) is 10.7. The summed E-state index contributed by atoms with van der Waals surface area (Å²) in [6, 6.07) is 16.1. The highest BCUT2D eigenvalue weighted by Crippen LogP contribution is 2.30. The SMILES string of the molecule is CC(C)(Oc1cccc(N2CCCC(NC(=O)N(Cc3ccc(-c4cn[nH]c4)cc3)C3CC3)C2)c1)C(=O)O. The molecule has 0 radical (unpaired) electrons. The first-order valence-electron chi connectivity index (χ1n) is 13.2.